The summed E-state index contributed by atoms with van der Waals surface area (Å²) in [4.78, 5) is 8.97. The molecule has 0 amide bonds. The van der Waals surface area contributed by atoms with E-state index in [-0.39, 0.29) is 0 Å². The molecule has 4 aromatic rings. The van der Waals surface area contributed by atoms with Gasteiger partial charge in [-0.2, -0.15) is 10.1 Å². The first-order valence-corrected chi connectivity index (χ1v) is 8.65. The summed E-state index contributed by atoms with van der Waals surface area (Å²) in [5.41, 5.74) is 9.94. The summed E-state index contributed by atoms with van der Waals surface area (Å²) in [5.74, 6) is 6.69. The van der Waals surface area contributed by atoms with Crippen LogP contribution in [0.4, 0.5) is 17.3 Å². The van der Waals surface area contributed by atoms with Crippen molar-refractivity contribution in [2.75, 3.05) is 11.1 Å². The van der Waals surface area contributed by atoms with Crippen molar-refractivity contribution < 1.29 is 0 Å². The number of anilines is 3. The normalized spacial score (nSPS) is 10.4. The highest BCUT2D eigenvalue weighted by molar-refractivity contribution is 5.77. The lowest BCUT2D eigenvalue weighted by Gasteiger charge is -2.06. The van der Waals surface area contributed by atoms with Crippen LogP contribution in [0.15, 0.2) is 60.9 Å². The number of fused-ring (bicyclic) bond motifs is 1. The van der Waals surface area contributed by atoms with Gasteiger partial charge in [0.15, 0.2) is 5.65 Å². The van der Waals surface area contributed by atoms with E-state index in [1.54, 1.807) is 17.1 Å². The van der Waals surface area contributed by atoms with E-state index < -0.39 is 0 Å². The first kappa shape index (κ1) is 16.6. The quantitative estimate of drug-likeness (QED) is 0.431. The second-order valence-electron chi connectivity index (χ2n) is 5.98. The minimum Gasteiger partial charge on any atom is -0.399 e. The molecular weight excluding hydrogens is 336 g/mol. The molecule has 6 heteroatoms. The van der Waals surface area contributed by atoms with Crippen molar-refractivity contribution in [3.05, 3.63) is 66.5 Å². The van der Waals surface area contributed by atoms with Crippen molar-refractivity contribution in [3.8, 4) is 17.5 Å². The van der Waals surface area contributed by atoms with E-state index in [4.69, 9.17) is 5.73 Å². The van der Waals surface area contributed by atoms with E-state index in [9.17, 15) is 0 Å². The third-order valence-corrected chi connectivity index (χ3v) is 4.00. The van der Waals surface area contributed by atoms with Crippen molar-refractivity contribution in [3.63, 3.8) is 0 Å². The zero-order valence-electron chi connectivity index (χ0n) is 14.8. The number of benzene rings is 2. The van der Waals surface area contributed by atoms with Crippen LogP contribution in [0.3, 0.4) is 0 Å². The first-order valence-electron chi connectivity index (χ1n) is 8.65. The van der Waals surface area contributed by atoms with Crippen molar-refractivity contribution in [2.24, 2.45) is 0 Å². The van der Waals surface area contributed by atoms with E-state index in [1.165, 1.54) is 0 Å². The second kappa shape index (κ2) is 7.18. The molecule has 6 nitrogen and oxygen atoms in total. The lowest BCUT2D eigenvalue weighted by atomic mass is 10.2. The Kier molecular flexibility index (Phi) is 4.42. The highest BCUT2D eigenvalue weighted by Gasteiger charge is 2.09. The average Bonchev–Trinajstić information content (AvgIpc) is 3.12. The van der Waals surface area contributed by atoms with Gasteiger partial charge < -0.3 is 11.1 Å². The Morgan fingerprint density at radius 1 is 1.04 bits per heavy atom. The molecule has 0 bridgehead atoms. The zero-order chi connectivity index (χ0) is 18.6. The average molecular weight is 354 g/mol. The molecule has 2 aromatic heterocycles. The molecule has 4 rings (SSSR count). The Hall–Kier alpha value is -3.85. The Bertz CT molecular complexity index is 1130. The highest BCUT2D eigenvalue weighted by Crippen LogP contribution is 2.20. The van der Waals surface area contributed by atoms with Crippen molar-refractivity contribution >= 4 is 28.4 Å². The van der Waals surface area contributed by atoms with Crippen LogP contribution in [0.1, 0.15) is 18.9 Å². The maximum atomic E-state index is 5.72. The van der Waals surface area contributed by atoms with Gasteiger partial charge in [-0.3, -0.25) is 0 Å². The molecular formula is C21H18N6. The molecule has 3 N–H and O–H groups in total. The Morgan fingerprint density at radius 2 is 1.81 bits per heavy atom. The first-order chi connectivity index (χ1) is 13.2. The molecule has 27 heavy (non-hydrogen) atoms. The van der Waals surface area contributed by atoms with Crippen LogP contribution in [-0.2, 0) is 0 Å². The number of hydrogen-bond acceptors (Lipinski definition) is 5. The van der Waals surface area contributed by atoms with Crippen LogP contribution in [0.5, 0.6) is 0 Å². The van der Waals surface area contributed by atoms with Crippen molar-refractivity contribution in [1.29, 1.82) is 0 Å². The molecule has 0 saturated carbocycles. The van der Waals surface area contributed by atoms with E-state index in [0.29, 0.717) is 11.6 Å². The minimum atomic E-state index is 0.499. The molecule has 0 aliphatic heterocycles. The SMILES string of the molecule is CCC#Cc1ccc(-n2ncc3cnc(Nc4ccc(N)cc4)nc32)cc1. The third-order valence-electron chi connectivity index (χ3n) is 4.00. The Balaban J connectivity index is 1.66. The molecule has 2 aromatic carbocycles. The number of nitrogens with one attached hydrogen (secondary N) is 1. The summed E-state index contributed by atoms with van der Waals surface area (Å²) < 4.78 is 1.79. The largest absolute Gasteiger partial charge is 0.399 e. The predicted molar refractivity (Wildman–Crippen MR) is 108 cm³/mol. The maximum Gasteiger partial charge on any atom is 0.229 e. The monoisotopic (exact) mass is 354 g/mol. The van der Waals surface area contributed by atoms with Crippen molar-refractivity contribution in [1.82, 2.24) is 19.7 Å². The molecule has 2 heterocycles. The second-order valence-corrected chi connectivity index (χ2v) is 5.98. The molecule has 0 unspecified atom stereocenters. The fraction of sp³-hybridized carbons (Fsp3) is 0.0952. The molecule has 0 saturated heterocycles. The topological polar surface area (TPSA) is 81.7 Å². The summed E-state index contributed by atoms with van der Waals surface area (Å²) in [6, 6.07) is 15.4. The summed E-state index contributed by atoms with van der Waals surface area (Å²) in [7, 11) is 0. The van der Waals surface area contributed by atoms with Crippen molar-refractivity contribution in [2.45, 2.75) is 13.3 Å². The molecule has 0 atom stereocenters. The van der Waals surface area contributed by atoms with E-state index in [0.717, 1.165) is 34.4 Å². The molecule has 0 aliphatic rings. The predicted octanol–water partition coefficient (Wildman–Crippen LogP) is 3.90. The summed E-state index contributed by atoms with van der Waals surface area (Å²) in [5, 5.41) is 8.51. The van der Waals surface area contributed by atoms with Gasteiger partial charge >= 0.3 is 0 Å². The van der Waals surface area contributed by atoms with Gasteiger partial charge in [-0.25, -0.2) is 9.67 Å². The van der Waals surface area contributed by atoms with Crippen LogP contribution < -0.4 is 11.1 Å². The molecule has 132 valence electrons. The van der Waals surface area contributed by atoms with Gasteiger partial charge in [0.1, 0.15) is 0 Å². The third kappa shape index (κ3) is 3.58. The summed E-state index contributed by atoms with van der Waals surface area (Å²) in [6.45, 7) is 2.03. The van der Waals surface area contributed by atoms with Gasteiger partial charge in [0, 0.05) is 29.6 Å². The number of nitrogens with two attached hydrogens (primary N) is 1. The summed E-state index contributed by atoms with van der Waals surface area (Å²) in [6.07, 6.45) is 4.35. The molecule has 0 spiro atoms. The van der Waals surface area contributed by atoms with Gasteiger partial charge in [-0.05, 0) is 48.5 Å². The standard InChI is InChI=1S/C21H18N6/c1-2-3-4-15-5-11-19(12-6-15)27-20-16(14-24-27)13-23-21(26-20)25-18-9-7-17(22)8-10-18/h5-14H,2,22H2,1H3,(H,23,25,26). The van der Waals surface area contributed by atoms with Crippen LogP contribution >= 0.6 is 0 Å². The zero-order valence-corrected chi connectivity index (χ0v) is 14.8. The summed E-state index contributed by atoms with van der Waals surface area (Å²) >= 11 is 0. The lowest BCUT2D eigenvalue weighted by molar-refractivity contribution is 0.896. The van der Waals surface area contributed by atoms with Gasteiger partial charge in [0.2, 0.25) is 5.95 Å². The van der Waals surface area contributed by atoms with Crippen LogP contribution in [0, 0.1) is 11.8 Å². The number of hydrogen-bond donors (Lipinski definition) is 2. The number of nitrogens with zero attached hydrogens (tertiary/aromatic N) is 4. The van der Waals surface area contributed by atoms with Crippen LogP contribution in [-0.4, -0.2) is 19.7 Å². The van der Waals surface area contributed by atoms with Gasteiger partial charge in [0.25, 0.3) is 0 Å². The fourth-order valence-corrected chi connectivity index (χ4v) is 2.64. The van der Waals surface area contributed by atoms with Gasteiger partial charge in [-0.15, -0.1) is 0 Å². The maximum absolute atomic E-state index is 5.72. The van der Waals surface area contributed by atoms with E-state index in [2.05, 4.69) is 32.2 Å². The smallest absolute Gasteiger partial charge is 0.229 e. The Labute approximate surface area is 157 Å². The number of aromatic nitrogens is 4. The van der Waals surface area contributed by atoms with Gasteiger partial charge in [0.05, 0.1) is 17.3 Å². The van der Waals surface area contributed by atoms with Crippen LogP contribution in [0.25, 0.3) is 16.7 Å². The van der Waals surface area contributed by atoms with E-state index in [1.807, 2.05) is 55.5 Å². The van der Waals surface area contributed by atoms with Gasteiger partial charge in [-0.1, -0.05) is 18.8 Å². The minimum absolute atomic E-state index is 0.499. The Morgan fingerprint density at radius 3 is 2.56 bits per heavy atom. The highest BCUT2D eigenvalue weighted by atomic mass is 15.3. The number of nitrogen functional groups attached to an aromatic ring is 1. The molecule has 0 fully saturated rings. The molecule has 0 radical (unpaired) electrons. The fourth-order valence-electron chi connectivity index (χ4n) is 2.64. The number of rotatable bonds is 3. The van der Waals surface area contributed by atoms with E-state index >= 15 is 0 Å². The lowest BCUT2D eigenvalue weighted by Crippen LogP contribution is -2.01. The van der Waals surface area contributed by atoms with Crippen LogP contribution in [0.2, 0.25) is 0 Å². The molecule has 0 aliphatic carbocycles.